The number of nitrogens with one attached hydrogen (secondary N) is 1. The SMILES string of the molecule is CC(NC(=O)CC(O)c1ccccc1)c1ccccc1Br. The maximum Gasteiger partial charge on any atom is 0.223 e. The van der Waals surface area contributed by atoms with Gasteiger partial charge in [-0.2, -0.15) is 0 Å². The third-order valence-electron chi connectivity index (χ3n) is 3.31. The van der Waals surface area contributed by atoms with Crippen molar-refractivity contribution in [3.63, 3.8) is 0 Å². The summed E-state index contributed by atoms with van der Waals surface area (Å²) in [6.07, 6.45) is -0.726. The van der Waals surface area contributed by atoms with Crippen molar-refractivity contribution in [3.8, 4) is 0 Å². The van der Waals surface area contributed by atoms with Gasteiger partial charge in [0.25, 0.3) is 0 Å². The van der Waals surface area contributed by atoms with Crippen LogP contribution in [0.25, 0.3) is 0 Å². The van der Waals surface area contributed by atoms with Crippen molar-refractivity contribution in [2.45, 2.75) is 25.5 Å². The summed E-state index contributed by atoms with van der Waals surface area (Å²) in [7, 11) is 0. The number of carbonyl (C=O) groups excluding carboxylic acids is 1. The fourth-order valence-electron chi connectivity index (χ4n) is 2.17. The van der Waals surface area contributed by atoms with Gasteiger partial charge < -0.3 is 10.4 Å². The first-order valence-electron chi connectivity index (χ1n) is 6.84. The number of carbonyl (C=O) groups is 1. The molecule has 110 valence electrons. The lowest BCUT2D eigenvalue weighted by molar-refractivity contribution is -0.123. The molecule has 0 saturated heterocycles. The molecule has 21 heavy (non-hydrogen) atoms. The summed E-state index contributed by atoms with van der Waals surface area (Å²) in [6.45, 7) is 1.92. The first-order valence-corrected chi connectivity index (χ1v) is 7.64. The smallest absolute Gasteiger partial charge is 0.223 e. The summed E-state index contributed by atoms with van der Waals surface area (Å²) in [5.74, 6) is -0.172. The van der Waals surface area contributed by atoms with Crippen molar-refractivity contribution in [1.82, 2.24) is 5.32 Å². The van der Waals surface area contributed by atoms with Crippen LogP contribution >= 0.6 is 15.9 Å². The summed E-state index contributed by atoms with van der Waals surface area (Å²) >= 11 is 3.47. The molecule has 0 fully saturated rings. The van der Waals surface area contributed by atoms with Crippen LogP contribution in [0.1, 0.15) is 36.6 Å². The van der Waals surface area contributed by atoms with Gasteiger partial charge in [-0.05, 0) is 24.1 Å². The molecule has 0 bridgehead atoms. The van der Waals surface area contributed by atoms with Crippen molar-refractivity contribution >= 4 is 21.8 Å². The molecule has 0 aliphatic rings. The average Bonchev–Trinajstić information content (AvgIpc) is 2.48. The van der Waals surface area contributed by atoms with E-state index >= 15 is 0 Å². The Labute approximate surface area is 133 Å². The minimum Gasteiger partial charge on any atom is -0.388 e. The van der Waals surface area contributed by atoms with E-state index < -0.39 is 6.10 Å². The van der Waals surface area contributed by atoms with Crippen LogP contribution in [-0.2, 0) is 4.79 Å². The fraction of sp³-hybridized carbons (Fsp3) is 0.235. The summed E-state index contributed by atoms with van der Waals surface area (Å²) in [5, 5.41) is 13.0. The van der Waals surface area contributed by atoms with E-state index in [1.807, 2.05) is 61.5 Å². The molecular weight excluding hydrogens is 330 g/mol. The van der Waals surface area contributed by atoms with Crippen LogP contribution in [0.5, 0.6) is 0 Å². The van der Waals surface area contributed by atoms with Crippen molar-refractivity contribution in [2.24, 2.45) is 0 Å². The molecule has 2 aromatic rings. The lowest BCUT2D eigenvalue weighted by Crippen LogP contribution is -2.28. The van der Waals surface area contributed by atoms with Gasteiger partial charge in [-0.25, -0.2) is 0 Å². The molecule has 2 unspecified atom stereocenters. The molecule has 2 aromatic carbocycles. The summed E-state index contributed by atoms with van der Waals surface area (Å²) in [5.41, 5.74) is 1.77. The molecule has 2 N–H and O–H groups in total. The maximum absolute atomic E-state index is 12.0. The van der Waals surface area contributed by atoms with Gasteiger partial charge >= 0.3 is 0 Å². The van der Waals surface area contributed by atoms with Gasteiger partial charge in [-0.1, -0.05) is 64.5 Å². The van der Waals surface area contributed by atoms with Crippen molar-refractivity contribution in [1.29, 1.82) is 0 Å². The average molecular weight is 348 g/mol. The van der Waals surface area contributed by atoms with Gasteiger partial charge in [0.15, 0.2) is 0 Å². The molecule has 2 rings (SSSR count). The predicted molar refractivity (Wildman–Crippen MR) is 86.7 cm³/mol. The topological polar surface area (TPSA) is 49.3 Å². The van der Waals surface area contributed by atoms with Crippen LogP contribution in [0.2, 0.25) is 0 Å². The lowest BCUT2D eigenvalue weighted by atomic mass is 10.1. The molecule has 2 atom stereocenters. The third kappa shape index (κ3) is 4.41. The van der Waals surface area contributed by atoms with E-state index in [2.05, 4.69) is 21.2 Å². The molecule has 3 nitrogen and oxygen atoms in total. The second-order valence-corrected chi connectivity index (χ2v) is 5.80. The Balaban J connectivity index is 1.94. The minimum absolute atomic E-state index is 0.0544. The lowest BCUT2D eigenvalue weighted by Gasteiger charge is -2.17. The van der Waals surface area contributed by atoms with Crippen LogP contribution < -0.4 is 5.32 Å². The number of aliphatic hydroxyl groups excluding tert-OH is 1. The van der Waals surface area contributed by atoms with Crippen LogP contribution in [0.15, 0.2) is 59.1 Å². The van der Waals surface area contributed by atoms with E-state index in [4.69, 9.17) is 0 Å². The highest BCUT2D eigenvalue weighted by Crippen LogP contribution is 2.23. The van der Waals surface area contributed by atoms with Gasteiger partial charge in [0.2, 0.25) is 5.91 Å². The first kappa shape index (κ1) is 15.7. The van der Waals surface area contributed by atoms with Gasteiger partial charge in [-0.3, -0.25) is 4.79 Å². The summed E-state index contributed by atoms with van der Waals surface area (Å²) in [4.78, 5) is 12.0. The zero-order valence-corrected chi connectivity index (χ0v) is 13.4. The Bertz CT molecular complexity index is 601. The molecule has 1 amide bonds. The standard InChI is InChI=1S/C17H18BrNO2/c1-12(14-9-5-6-10-15(14)18)19-17(21)11-16(20)13-7-3-2-4-8-13/h2-10,12,16,20H,11H2,1H3,(H,19,21). The molecule has 4 heteroatoms. The van der Waals surface area contributed by atoms with E-state index in [-0.39, 0.29) is 18.4 Å². The van der Waals surface area contributed by atoms with E-state index in [1.165, 1.54) is 0 Å². The Morgan fingerprint density at radius 2 is 1.76 bits per heavy atom. The number of benzene rings is 2. The second kappa shape index (κ2) is 7.38. The largest absolute Gasteiger partial charge is 0.388 e. The molecule has 0 radical (unpaired) electrons. The quantitative estimate of drug-likeness (QED) is 0.865. The van der Waals surface area contributed by atoms with Crippen LogP contribution in [0.3, 0.4) is 0 Å². The van der Waals surface area contributed by atoms with Crippen molar-refractivity contribution < 1.29 is 9.90 Å². The molecular formula is C17H18BrNO2. The second-order valence-electron chi connectivity index (χ2n) is 4.94. The van der Waals surface area contributed by atoms with Gasteiger partial charge in [0.05, 0.1) is 18.6 Å². The molecule has 0 saturated carbocycles. The first-order chi connectivity index (χ1) is 10.1. The number of halogens is 1. The van der Waals surface area contributed by atoms with Crippen LogP contribution in [0, 0.1) is 0 Å². The number of hydrogen-bond acceptors (Lipinski definition) is 2. The third-order valence-corrected chi connectivity index (χ3v) is 4.03. The monoisotopic (exact) mass is 347 g/mol. The molecule has 0 aromatic heterocycles. The van der Waals surface area contributed by atoms with E-state index in [0.717, 1.165) is 15.6 Å². The molecule has 0 heterocycles. The Hall–Kier alpha value is -1.65. The Morgan fingerprint density at radius 3 is 2.43 bits per heavy atom. The van der Waals surface area contributed by atoms with E-state index in [9.17, 15) is 9.90 Å². The normalized spacial score (nSPS) is 13.5. The van der Waals surface area contributed by atoms with E-state index in [0.29, 0.717) is 0 Å². The zero-order valence-electron chi connectivity index (χ0n) is 11.8. The highest BCUT2D eigenvalue weighted by molar-refractivity contribution is 9.10. The molecule has 0 spiro atoms. The van der Waals surface area contributed by atoms with Crippen molar-refractivity contribution in [3.05, 3.63) is 70.2 Å². The molecule has 0 aliphatic carbocycles. The number of aliphatic hydroxyl groups is 1. The van der Waals surface area contributed by atoms with Gasteiger partial charge in [0.1, 0.15) is 0 Å². The van der Waals surface area contributed by atoms with Gasteiger partial charge in [-0.15, -0.1) is 0 Å². The number of hydrogen-bond donors (Lipinski definition) is 2. The number of rotatable bonds is 5. The summed E-state index contributed by atoms with van der Waals surface area (Å²) < 4.78 is 0.960. The Morgan fingerprint density at radius 1 is 1.14 bits per heavy atom. The predicted octanol–water partition coefficient (Wildman–Crippen LogP) is 3.75. The van der Waals surface area contributed by atoms with E-state index in [1.54, 1.807) is 0 Å². The van der Waals surface area contributed by atoms with Gasteiger partial charge in [0, 0.05) is 4.47 Å². The number of amides is 1. The molecule has 0 aliphatic heterocycles. The fourth-order valence-corrected chi connectivity index (χ4v) is 2.80. The highest BCUT2D eigenvalue weighted by Gasteiger charge is 2.16. The zero-order chi connectivity index (χ0) is 15.2. The highest BCUT2D eigenvalue weighted by atomic mass is 79.9. The van der Waals surface area contributed by atoms with Crippen molar-refractivity contribution in [2.75, 3.05) is 0 Å². The maximum atomic E-state index is 12.0. The minimum atomic E-state index is -0.780. The Kier molecular flexibility index (Phi) is 5.53. The van der Waals surface area contributed by atoms with Crippen LogP contribution in [0.4, 0.5) is 0 Å². The summed E-state index contributed by atoms with van der Waals surface area (Å²) in [6, 6.07) is 16.9. The van der Waals surface area contributed by atoms with Crippen LogP contribution in [-0.4, -0.2) is 11.0 Å².